The number of hydrogen-bond acceptors (Lipinski definition) is 3. The van der Waals surface area contributed by atoms with Gasteiger partial charge in [0.1, 0.15) is 0 Å². The lowest BCUT2D eigenvalue weighted by atomic mass is 9.98. The van der Waals surface area contributed by atoms with Crippen LogP contribution in [0.25, 0.3) is 0 Å². The molecule has 0 aromatic rings. The predicted octanol–water partition coefficient (Wildman–Crippen LogP) is 1.23. The van der Waals surface area contributed by atoms with Gasteiger partial charge in [-0.1, -0.05) is 0 Å². The maximum Gasteiger partial charge on any atom is 0.239 e. The maximum absolute atomic E-state index is 12.2. The quantitative estimate of drug-likeness (QED) is 0.723. The number of nitrogens with zero attached hydrogens (tertiary/aromatic N) is 3. The maximum atomic E-state index is 12.2. The van der Waals surface area contributed by atoms with Gasteiger partial charge in [0.15, 0.2) is 0 Å². The molecule has 2 saturated heterocycles. The molecule has 17 heavy (non-hydrogen) atoms. The van der Waals surface area contributed by atoms with Crippen LogP contribution in [0.3, 0.4) is 0 Å². The highest BCUT2D eigenvalue weighted by molar-refractivity contribution is 5.81. The summed E-state index contributed by atoms with van der Waals surface area (Å²) in [6.45, 7) is 5.54. The number of carbonyl (C=O) groups is 1. The topological polar surface area (TPSA) is 47.3 Å². The van der Waals surface area contributed by atoms with Gasteiger partial charge < -0.3 is 4.90 Å². The van der Waals surface area contributed by atoms with Crippen LogP contribution < -0.4 is 0 Å². The molecule has 2 atom stereocenters. The van der Waals surface area contributed by atoms with E-state index >= 15 is 0 Å². The molecular weight excluding hydrogens is 214 g/mol. The van der Waals surface area contributed by atoms with Crippen LogP contribution in [-0.4, -0.2) is 47.9 Å². The van der Waals surface area contributed by atoms with Gasteiger partial charge in [-0.15, -0.1) is 0 Å². The van der Waals surface area contributed by atoms with Crippen molar-refractivity contribution in [1.82, 2.24) is 9.80 Å². The second-order valence-corrected chi connectivity index (χ2v) is 5.17. The van der Waals surface area contributed by atoms with Gasteiger partial charge in [-0.25, -0.2) is 0 Å². The van der Waals surface area contributed by atoms with E-state index in [-0.39, 0.29) is 17.9 Å². The average molecular weight is 235 g/mol. The van der Waals surface area contributed by atoms with E-state index in [1.165, 1.54) is 0 Å². The van der Waals surface area contributed by atoms with Crippen LogP contribution in [0.4, 0.5) is 0 Å². The zero-order chi connectivity index (χ0) is 12.3. The van der Waals surface area contributed by atoms with Crippen molar-refractivity contribution >= 4 is 5.91 Å². The Kier molecular flexibility index (Phi) is 4.01. The van der Waals surface area contributed by atoms with Gasteiger partial charge in [0.25, 0.3) is 0 Å². The van der Waals surface area contributed by atoms with Gasteiger partial charge >= 0.3 is 0 Å². The molecule has 2 aliphatic rings. The van der Waals surface area contributed by atoms with E-state index in [1.54, 1.807) is 0 Å². The zero-order valence-corrected chi connectivity index (χ0v) is 10.6. The fourth-order valence-corrected chi connectivity index (χ4v) is 2.82. The normalized spacial score (nSPS) is 27.8. The van der Waals surface area contributed by atoms with E-state index < -0.39 is 0 Å². The molecule has 94 valence electrons. The van der Waals surface area contributed by atoms with Gasteiger partial charge in [0, 0.05) is 19.6 Å². The summed E-state index contributed by atoms with van der Waals surface area (Å²) in [6, 6.07) is 2.28. The van der Waals surface area contributed by atoms with Crippen molar-refractivity contribution in [2.75, 3.05) is 26.2 Å². The van der Waals surface area contributed by atoms with Gasteiger partial charge in [0.05, 0.1) is 18.0 Å². The molecule has 0 aliphatic carbocycles. The Morgan fingerprint density at radius 1 is 1.29 bits per heavy atom. The number of rotatable bonds is 2. The van der Waals surface area contributed by atoms with E-state index in [2.05, 4.69) is 11.0 Å². The van der Waals surface area contributed by atoms with Crippen molar-refractivity contribution in [3.8, 4) is 6.07 Å². The second-order valence-electron chi connectivity index (χ2n) is 5.17. The Bertz CT molecular complexity index is 317. The molecule has 2 aliphatic heterocycles. The number of hydrogen-bond donors (Lipinski definition) is 0. The Labute approximate surface area is 103 Å². The number of amides is 1. The van der Waals surface area contributed by atoms with Crippen molar-refractivity contribution in [3.05, 3.63) is 0 Å². The van der Waals surface area contributed by atoms with Crippen LogP contribution in [-0.2, 0) is 4.79 Å². The van der Waals surface area contributed by atoms with Crippen LogP contribution in [0.15, 0.2) is 0 Å². The van der Waals surface area contributed by atoms with Gasteiger partial charge in [-0.05, 0) is 39.2 Å². The van der Waals surface area contributed by atoms with Crippen molar-refractivity contribution in [3.63, 3.8) is 0 Å². The van der Waals surface area contributed by atoms with Crippen molar-refractivity contribution in [2.45, 2.75) is 38.6 Å². The molecule has 0 spiro atoms. The molecule has 0 N–H and O–H groups in total. The third kappa shape index (κ3) is 2.78. The van der Waals surface area contributed by atoms with Crippen molar-refractivity contribution in [1.29, 1.82) is 5.26 Å². The highest BCUT2D eigenvalue weighted by atomic mass is 16.2. The monoisotopic (exact) mass is 235 g/mol. The first-order valence-electron chi connectivity index (χ1n) is 6.65. The summed E-state index contributed by atoms with van der Waals surface area (Å²) < 4.78 is 0. The molecule has 0 bridgehead atoms. The number of likely N-dealkylation sites (tertiary alicyclic amines) is 2. The molecule has 1 amide bonds. The minimum Gasteiger partial charge on any atom is -0.341 e. The summed E-state index contributed by atoms with van der Waals surface area (Å²) in [7, 11) is 0. The summed E-state index contributed by atoms with van der Waals surface area (Å²) in [6.07, 6.45) is 4.30. The highest BCUT2D eigenvalue weighted by Gasteiger charge is 2.30. The molecule has 0 aromatic carbocycles. The largest absolute Gasteiger partial charge is 0.341 e. The van der Waals surface area contributed by atoms with Crippen LogP contribution in [0, 0.1) is 17.2 Å². The summed E-state index contributed by atoms with van der Waals surface area (Å²) in [5.41, 5.74) is 0. The molecule has 2 heterocycles. The minimum absolute atomic E-state index is 0.0516. The average Bonchev–Trinajstić information content (AvgIpc) is 2.91. The summed E-state index contributed by atoms with van der Waals surface area (Å²) in [5.74, 6) is 0.360. The van der Waals surface area contributed by atoms with Gasteiger partial charge in [-0.2, -0.15) is 5.26 Å². The Morgan fingerprint density at radius 3 is 2.65 bits per heavy atom. The SMILES string of the molecule is CC(C(=O)N1CCCC1)N1CCCC(C#N)C1. The fourth-order valence-electron chi connectivity index (χ4n) is 2.82. The Morgan fingerprint density at radius 2 is 2.00 bits per heavy atom. The van der Waals surface area contributed by atoms with E-state index in [4.69, 9.17) is 5.26 Å². The zero-order valence-electron chi connectivity index (χ0n) is 10.6. The van der Waals surface area contributed by atoms with Crippen molar-refractivity contribution < 1.29 is 4.79 Å². The molecule has 0 aromatic heterocycles. The lowest BCUT2D eigenvalue weighted by Gasteiger charge is -2.35. The predicted molar refractivity (Wildman–Crippen MR) is 65.2 cm³/mol. The Balaban J connectivity index is 1.92. The fraction of sp³-hybridized carbons (Fsp3) is 0.846. The van der Waals surface area contributed by atoms with Crippen molar-refractivity contribution in [2.24, 2.45) is 5.92 Å². The van der Waals surface area contributed by atoms with Gasteiger partial charge in [-0.3, -0.25) is 9.69 Å². The summed E-state index contributed by atoms with van der Waals surface area (Å²) >= 11 is 0. The van der Waals surface area contributed by atoms with Crippen LogP contribution in [0.1, 0.15) is 32.6 Å². The van der Waals surface area contributed by atoms with E-state index in [9.17, 15) is 4.79 Å². The second kappa shape index (κ2) is 5.50. The van der Waals surface area contributed by atoms with Gasteiger partial charge in [0.2, 0.25) is 5.91 Å². The smallest absolute Gasteiger partial charge is 0.239 e. The van der Waals surface area contributed by atoms with Crippen LogP contribution in [0.2, 0.25) is 0 Å². The third-order valence-electron chi connectivity index (χ3n) is 3.96. The number of carbonyl (C=O) groups excluding carboxylic acids is 1. The number of nitriles is 1. The lowest BCUT2D eigenvalue weighted by molar-refractivity contribution is -0.135. The first-order chi connectivity index (χ1) is 8.22. The molecule has 4 nitrogen and oxygen atoms in total. The Hall–Kier alpha value is -1.08. The van der Waals surface area contributed by atoms with Crippen LogP contribution in [0.5, 0.6) is 0 Å². The first kappa shape index (κ1) is 12.4. The molecule has 2 fully saturated rings. The lowest BCUT2D eigenvalue weighted by Crippen LogP contribution is -2.49. The minimum atomic E-state index is -0.0516. The van der Waals surface area contributed by atoms with E-state index in [1.807, 2.05) is 11.8 Å². The number of piperidine rings is 1. The molecule has 0 radical (unpaired) electrons. The van der Waals surface area contributed by atoms with E-state index in [0.717, 1.165) is 51.9 Å². The molecule has 2 unspecified atom stereocenters. The molecule has 0 saturated carbocycles. The standard InChI is InChI=1S/C13H21N3O/c1-11(13(17)15-6-2-3-7-15)16-8-4-5-12(9-14)10-16/h11-12H,2-8,10H2,1H3. The summed E-state index contributed by atoms with van der Waals surface area (Å²) in [5, 5.41) is 8.97. The highest BCUT2D eigenvalue weighted by Crippen LogP contribution is 2.19. The molecule has 4 heteroatoms. The molecular formula is C13H21N3O. The summed E-state index contributed by atoms with van der Waals surface area (Å²) in [4.78, 5) is 16.4. The molecule has 2 rings (SSSR count). The third-order valence-corrected chi connectivity index (χ3v) is 3.96. The van der Waals surface area contributed by atoms with Crippen LogP contribution >= 0.6 is 0 Å². The first-order valence-corrected chi connectivity index (χ1v) is 6.65. The van der Waals surface area contributed by atoms with E-state index in [0.29, 0.717) is 0 Å².